The molecule has 1 saturated heterocycles. The number of nitrogens with zero attached hydrogens (tertiary/aromatic N) is 4. The molecule has 0 spiro atoms. The van der Waals surface area contributed by atoms with Crippen LogP contribution in [0.5, 0.6) is 0 Å². The maximum atomic E-state index is 10.5. The van der Waals surface area contributed by atoms with Crippen molar-refractivity contribution in [3.8, 4) is 0 Å². The van der Waals surface area contributed by atoms with Gasteiger partial charge in [-0.25, -0.2) is 0 Å². The Hall–Kier alpha value is -1.62. The van der Waals surface area contributed by atoms with E-state index in [1.807, 2.05) is 6.92 Å². The highest BCUT2D eigenvalue weighted by atomic mass is 16.3. The molecule has 1 unspecified atom stereocenters. The minimum absolute atomic E-state index is 0.362. The molecule has 1 saturated carbocycles. The normalized spacial score (nSPS) is 28.0. The number of aromatic nitrogens is 3. The van der Waals surface area contributed by atoms with Gasteiger partial charge in [0.2, 0.25) is 5.95 Å². The molecule has 1 aromatic rings. The summed E-state index contributed by atoms with van der Waals surface area (Å²) < 4.78 is 2.09. The molecule has 124 valence electrons. The van der Waals surface area contributed by atoms with E-state index in [1.54, 1.807) is 0 Å². The van der Waals surface area contributed by atoms with E-state index in [0.717, 1.165) is 55.1 Å². The Labute approximate surface area is 137 Å². The summed E-state index contributed by atoms with van der Waals surface area (Å²) in [6.45, 7) is 8.84. The molecular formula is C18H26N4O. The van der Waals surface area contributed by atoms with E-state index in [4.69, 9.17) is 0 Å². The molecule has 0 amide bonds. The molecule has 4 rings (SSSR count). The van der Waals surface area contributed by atoms with Crippen LogP contribution in [0.25, 0.3) is 0 Å². The molecular weight excluding hydrogens is 288 g/mol. The first kappa shape index (κ1) is 14.9. The molecule has 2 heterocycles. The summed E-state index contributed by atoms with van der Waals surface area (Å²) in [6, 6.07) is 0. The van der Waals surface area contributed by atoms with Crippen molar-refractivity contribution < 1.29 is 5.11 Å². The maximum absolute atomic E-state index is 10.5. The Kier molecular flexibility index (Phi) is 3.76. The van der Waals surface area contributed by atoms with E-state index in [-0.39, 0.29) is 0 Å². The van der Waals surface area contributed by atoms with E-state index < -0.39 is 6.10 Å². The quantitative estimate of drug-likeness (QED) is 0.849. The average Bonchev–Trinajstić information content (AvgIpc) is 3.16. The Morgan fingerprint density at radius 3 is 2.48 bits per heavy atom. The van der Waals surface area contributed by atoms with E-state index in [1.165, 1.54) is 12.8 Å². The lowest BCUT2D eigenvalue weighted by molar-refractivity contribution is 0.139. The van der Waals surface area contributed by atoms with Crippen LogP contribution in [-0.4, -0.2) is 33.0 Å². The second kappa shape index (κ2) is 5.78. The van der Waals surface area contributed by atoms with Crippen LogP contribution in [0.1, 0.15) is 44.5 Å². The molecule has 5 heteroatoms. The van der Waals surface area contributed by atoms with Gasteiger partial charge >= 0.3 is 0 Å². The van der Waals surface area contributed by atoms with Gasteiger partial charge in [-0.2, -0.15) is 0 Å². The van der Waals surface area contributed by atoms with Gasteiger partial charge in [-0.05, 0) is 50.4 Å². The van der Waals surface area contributed by atoms with E-state index >= 15 is 0 Å². The minimum Gasteiger partial charge on any atom is -0.385 e. The van der Waals surface area contributed by atoms with E-state index in [0.29, 0.717) is 12.5 Å². The molecule has 3 aliphatic rings. The number of fused-ring (bicyclic) bond motifs is 1. The van der Waals surface area contributed by atoms with Crippen LogP contribution in [-0.2, 0) is 6.54 Å². The first-order valence-electron chi connectivity index (χ1n) is 8.79. The standard InChI is InChI=1S/C18H26N4O/c1-12(2)9-22-17(16(23)13-7-8-13)19-20-18(22)21-10-14-5-3-4-6-15(14)11-21/h3-4,13-16,23H,1,5-11H2,2H3/t14-,15+,16?. The lowest BCUT2D eigenvalue weighted by Gasteiger charge is -2.20. The number of aliphatic hydroxyl groups is 1. The van der Waals surface area contributed by atoms with Crippen molar-refractivity contribution in [3.63, 3.8) is 0 Å². The van der Waals surface area contributed by atoms with Crippen molar-refractivity contribution in [1.82, 2.24) is 14.8 Å². The van der Waals surface area contributed by atoms with Crippen LogP contribution < -0.4 is 4.90 Å². The highest BCUT2D eigenvalue weighted by molar-refractivity contribution is 5.35. The smallest absolute Gasteiger partial charge is 0.227 e. The van der Waals surface area contributed by atoms with Gasteiger partial charge in [0.1, 0.15) is 6.10 Å². The van der Waals surface area contributed by atoms with Crippen LogP contribution in [0.4, 0.5) is 5.95 Å². The Morgan fingerprint density at radius 2 is 1.91 bits per heavy atom. The molecule has 1 aromatic heterocycles. The summed E-state index contributed by atoms with van der Waals surface area (Å²) in [7, 11) is 0. The number of allylic oxidation sites excluding steroid dienone is 3. The number of hydrogen-bond acceptors (Lipinski definition) is 4. The first-order valence-corrected chi connectivity index (χ1v) is 8.79. The number of hydrogen-bond donors (Lipinski definition) is 1. The fourth-order valence-corrected chi connectivity index (χ4v) is 3.98. The zero-order valence-corrected chi connectivity index (χ0v) is 13.9. The van der Waals surface area contributed by atoms with Crippen LogP contribution in [0.15, 0.2) is 24.3 Å². The van der Waals surface area contributed by atoms with Crippen LogP contribution >= 0.6 is 0 Å². The summed E-state index contributed by atoms with van der Waals surface area (Å²) in [5, 5.41) is 19.3. The molecule has 0 bridgehead atoms. The molecule has 2 aliphatic carbocycles. The molecule has 1 aliphatic heterocycles. The second-order valence-corrected chi connectivity index (χ2v) is 7.55. The number of anilines is 1. The van der Waals surface area contributed by atoms with Crippen molar-refractivity contribution >= 4 is 5.95 Å². The fraction of sp³-hybridized carbons (Fsp3) is 0.667. The van der Waals surface area contributed by atoms with Crippen LogP contribution in [0, 0.1) is 17.8 Å². The summed E-state index contributed by atoms with van der Waals surface area (Å²) in [5.41, 5.74) is 1.06. The van der Waals surface area contributed by atoms with Crippen molar-refractivity contribution in [2.45, 2.75) is 45.3 Å². The largest absolute Gasteiger partial charge is 0.385 e. The average molecular weight is 314 g/mol. The molecule has 2 fully saturated rings. The van der Waals surface area contributed by atoms with Gasteiger partial charge in [0, 0.05) is 19.6 Å². The van der Waals surface area contributed by atoms with Crippen molar-refractivity contribution in [2.24, 2.45) is 17.8 Å². The summed E-state index contributed by atoms with van der Waals surface area (Å²) in [5.74, 6) is 3.45. The molecule has 0 radical (unpaired) electrons. The molecule has 0 aromatic carbocycles. The second-order valence-electron chi connectivity index (χ2n) is 7.55. The van der Waals surface area contributed by atoms with Crippen molar-refractivity contribution in [2.75, 3.05) is 18.0 Å². The maximum Gasteiger partial charge on any atom is 0.227 e. The van der Waals surface area contributed by atoms with Gasteiger partial charge in [-0.15, -0.1) is 10.2 Å². The predicted octanol–water partition coefficient (Wildman–Crippen LogP) is 2.70. The third-order valence-corrected chi connectivity index (χ3v) is 5.42. The van der Waals surface area contributed by atoms with Crippen LogP contribution in [0.3, 0.4) is 0 Å². The predicted molar refractivity (Wildman–Crippen MR) is 90.1 cm³/mol. The third-order valence-electron chi connectivity index (χ3n) is 5.42. The molecule has 1 N–H and O–H groups in total. The lowest BCUT2D eigenvalue weighted by Crippen LogP contribution is -2.25. The fourth-order valence-electron chi connectivity index (χ4n) is 3.98. The van der Waals surface area contributed by atoms with Gasteiger partial charge in [0.05, 0.1) is 0 Å². The van der Waals surface area contributed by atoms with Gasteiger partial charge < -0.3 is 10.0 Å². The Bertz CT molecular complexity index is 615. The summed E-state index contributed by atoms with van der Waals surface area (Å²) in [6.07, 6.45) is 8.67. The topological polar surface area (TPSA) is 54.2 Å². The third kappa shape index (κ3) is 2.82. The summed E-state index contributed by atoms with van der Waals surface area (Å²) >= 11 is 0. The van der Waals surface area contributed by atoms with E-state index in [2.05, 4.69) is 38.4 Å². The zero-order valence-electron chi connectivity index (χ0n) is 13.9. The monoisotopic (exact) mass is 314 g/mol. The molecule has 23 heavy (non-hydrogen) atoms. The Morgan fingerprint density at radius 1 is 1.26 bits per heavy atom. The number of rotatable bonds is 5. The Balaban J connectivity index is 1.61. The van der Waals surface area contributed by atoms with Crippen molar-refractivity contribution in [1.29, 1.82) is 0 Å². The lowest BCUT2D eigenvalue weighted by atomic mass is 9.86. The summed E-state index contributed by atoms with van der Waals surface area (Å²) in [4.78, 5) is 2.36. The zero-order chi connectivity index (χ0) is 16.0. The first-order chi connectivity index (χ1) is 11.1. The van der Waals surface area contributed by atoms with Gasteiger partial charge in [-0.1, -0.05) is 24.3 Å². The van der Waals surface area contributed by atoms with Gasteiger partial charge in [-0.3, -0.25) is 4.57 Å². The van der Waals surface area contributed by atoms with Gasteiger partial charge in [0.15, 0.2) is 5.82 Å². The molecule has 3 atom stereocenters. The van der Waals surface area contributed by atoms with Crippen LogP contribution in [0.2, 0.25) is 0 Å². The highest BCUT2D eigenvalue weighted by Gasteiger charge is 2.38. The SMILES string of the molecule is C=C(C)Cn1c(C(O)C2CC2)nnc1N1C[C@H]2CC=CC[C@H]2C1. The highest BCUT2D eigenvalue weighted by Crippen LogP contribution is 2.41. The van der Waals surface area contributed by atoms with Gasteiger partial charge in [0.25, 0.3) is 0 Å². The van der Waals surface area contributed by atoms with E-state index in [9.17, 15) is 5.11 Å². The minimum atomic E-state index is -0.484. The molecule has 5 nitrogen and oxygen atoms in total. The number of aliphatic hydroxyl groups excluding tert-OH is 1. The van der Waals surface area contributed by atoms with Crippen molar-refractivity contribution in [3.05, 3.63) is 30.1 Å².